The molecule has 2 aromatic rings. The van der Waals surface area contributed by atoms with Crippen LogP contribution in [0.4, 0.5) is 0 Å². The Balaban J connectivity index is 2.20. The van der Waals surface area contributed by atoms with Gasteiger partial charge in [-0.3, -0.25) is 0 Å². The lowest BCUT2D eigenvalue weighted by atomic mass is 10.1. The molecule has 1 heterocycles. The molecule has 1 N–H and O–H groups in total. The molecule has 0 fully saturated rings. The minimum Gasteiger partial charge on any atom is -0.461 e. The Hall–Kier alpha value is -1.32. The minimum atomic E-state index is 0.935. The fourth-order valence-corrected chi connectivity index (χ4v) is 2.07. The van der Waals surface area contributed by atoms with Crippen LogP contribution in [0.5, 0.6) is 0 Å². The van der Waals surface area contributed by atoms with Crippen LogP contribution >= 0.6 is 0 Å². The van der Waals surface area contributed by atoms with E-state index in [1.54, 1.807) is 0 Å². The maximum Gasteiger partial charge on any atom is 0.134 e. The highest BCUT2D eigenvalue weighted by Gasteiger charge is 2.11. The molecule has 2 rings (SSSR count). The van der Waals surface area contributed by atoms with Crippen LogP contribution in [0.25, 0.3) is 11.0 Å². The van der Waals surface area contributed by atoms with Gasteiger partial charge in [-0.25, -0.2) is 0 Å². The fraction of sp³-hybridized carbons (Fsp3) is 0.429. The summed E-state index contributed by atoms with van der Waals surface area (Å²) in [5, 5.41) is 4.40. The molecule has 0 radical (unpaired) electrons. The summed E-state index contributed by atoms with van der Waals surface area (Å²) in [5.74, 6) is 1.03. The molecule has 0 amide bonds. The van der Waals surface area contributed by atoms with Gasteiger partial charge in [0.2, 0.25) is 0 Å². The van der Waals surface area contributed by atoms with Gasteiger partial charge in [-0.15, -0.1) is 0 Å². The average Bonchev–Trinajstić information content (AvgIpc) is 2.64. The third kappa shape index (κ3) is 2.68. The summed E-state index contributed by atoms with van der Waals surface area (Å²) in [5.41, 5.74) is 2.29. The molecule has 1 aromatic heterocycles. The van der Waals surface area contributed by atoms with Gasteiger partial charge in [0, 0.05) is 30.6 Å². The normalized spacial score (nSPS) is 11.5. The highest BCUT2D eigenvalue weighted by Crippen LogP contribution is 2.25. The largest absolute Gasteiger partial charge is 0.461 e. The zero-order valence-corrected chi connectivity index (χ0v) is 10.8. The van der Waals surface area contributed by atoms with E-state index in [2.05, 4.69) is 29.4 Å². The number of rotatable bonds is 5. The van der Waals surface area contributed by atoms with Crippen LogP contribution in [-0.4, -0.2) is 32.1 Å². The summed E-state index contributed by atoms with van der Waals surface area (Å²) in [7, 11) is 4.12. The van der Waals surface area contributed by atoms with Crippen molar-refractivity contribution in [1.29, 1.82) is 0 Å². The highest BCUT2D eigenvalue weighted by molar-refractivity contribution is 5.82. The first-order valence-corrected chi connectivity index (χ1v) is 6.02. The molecular weight excluding hydrogens is 212 g/mol. The fourth-order valence-electron chi connectivity index (χ4n) is 2.07. The monoisotopic (exact) mass is 232 g/mol. The number of furan rings is 1. The molecule has 0 aliphatic carbocycles. The molecule has 92 valence electrons. The second kappa shape index (κ2) is 5.34. The SMILES string of the molecule is CNCCN(C)Cc1c(C)oc2ccccc12. The van der Waals surface area contributed by atoms with E-state index in [9.17, 15) is 0 Å². The Kier molecular flexibility index (Phi) is 3.82. The predicted molar refractivity (Wildman–Crippen MR) is 71.2 cm³/mol. The van der Waals surface area contributed by atoms with E-state index in [1.807, 2.05) is 26.1 Å². The molecule has 0 saturated heterocycles. The first kappa shape index (κ1) is 12.1. The van der Waals surface area contributed by atoms with Crippen molar-refractivity contribution in [3.63, 3.8) is 0 Å². The number of benzene rings is 1. The van der Waals surface area contributed by atoms with Gasteiger partial charge in [-0.2, -0.15) is 0 Å². The van der Waals surface area contributed by atoms with Crippen LogP contribution in [0.15, 0.2) is 28.7 Å². The molecule has 0 saturated carbocycles. The maximum atomic E-state index is 5.76. The van der Waals surface area contributed by atoms with Gasteiger partial charge >= 0.3 is 0 Å². The molecule has 0 aliphatic rings. The van der Waals surface area contributed by atoms with E-state index < -0.39 is 0 Å². The quantitative estimate of drug-likeness (QED) is 0.858. The van der Waals surface area contributed by atoms with Gasteiger partial charge in [-0.1, -0.05) is 18.2 Å². The Bertz CT molecular complexity index is 490. The van der Waals surface area contributed by atoms with E-state index >= 15 is 0 Å². The lowest BCUT2D eigenvalue weighted by Crippen LogP contribution is -2.27. The predicted octanol–water partition coefficient (Wildman–Crippen LogP) is 2.39. The number of fused-ring (bicyclic) bond motifs is 1. The van der Waals surface area contributed by atoms with Gasteiger partial charge in [0.05, 0.1) is 0 Å². The molecule has 1 aromatic carbocycles. The van der Waals surface area contributed by atoms with Crippen LogP contribution < -0.4 is 5.32 Å². The smallest absolute Gasteiger partial charge is 0.134 e. The third-order valence-electron chi connectivity index (χ3n) is 3.07. The first-order valence-electron chi connectivity index (χ1n) is 6.02. The van der Waals surface area contributed by atoms with E-state index in [4.69, 9.17) is 4.42 Å². The van der Waals surface area contributed by atoms with Crippen LogP contribution in [0.2, 0.25) is 0 Å². The first-order chi connectivity index (χ1) is 8.22. The summed E-state index contributed by atoms with van der Waals surface area (Å²) in [4.78, 5) is 2.31. The second-order valence-electron chi connectivity index (χ2n) is 4.47. The molecule has 0 atom stereocenters. The van der Waals surface area contributed by atoms with Crippen molar-refractivity contribution in [2.75, 3.05) is 27.2 Å². The van der Waals surface area contributed by atoms with Gasteiger partial charge in [-0.05, 0) is 27.1 Å². The van der Waals surface area contributed by atoms with Crippen molar-refractivity contribution >= 4 is 11.0 Å². The number of para-hydroxylation sites is 1. The number of likely N-dealkylation sites (N-methyl/N-ethyl adjacent to an activating group) is 2. The summed E-state index contributed by atoms with van der Waals surface area (Å²) in [6, 6.07) is 8.24. The Labute approximate surface area is 102 Å². The van der Waals surface area contributed by atoms with E-state index in [-0.39, 0.29) is 0 Å². The number of nitrogens with zero attached hydrogens (tertiary/aromatic N) is 1. The standard InChI is InChI=1S/C14H20N2O/c1-11-13(10-16(3)9-8-15-2)12-6-4-5-7-14(12)17-11/h4-7,15H,8-10H2,1-3H3. The van der Waals surface area contributed by atoms with Crippen LogP contribution in [0.3, 0.4) is 0 Å². The second-order valence-corrected chi connectivity index (χ2v) is 4.47. The summed E-state index contributed by atoms with van der Waals surface area (Å²) in [6.45, 7) is 5.02. The van der Waals surface area contributed by atoms with Crippen molar-refractivity contribution in [3.8, 4) is 0 Å². The summed E-state index contributed by atoms with van der Waals surface area (Å²) in [6.07, 6.45) is 0. The number of hydrogen-bond donors (Lipinski definition) is 1. The van der Waals surface area contributed by atoms with Crippen molar-refractivity contribution in [3.05, 3.63) is 35.6 Å². The van der Waals surface area contributed by atoms with Crippen molar-refractivity contribution < 1.29 is 4.42 Å². The zero-order valence-electron chi connectivity index (χ0n) is 10.8. The molecule has 3 heteroatoms. The van der Waals surface area contributed by atoms with E-state index in [1.165, 1.54) is 10.9 Å². The van der Waals surface area contributed by atoms with Crippen LogP contribution in [0, 0.1) is 6.92 Å². The zero-order chi connectivity index (χ0) is 12.3. The van der Waals surface area contributed by atoms with Crippen molar-refractivity contribution in [2.24, 2.45) is 0 Å². The number of aryl methyl sites for hydroxylation is 1. The summed E-state index contributed by atoms with van der Waals surface area (Å²) < 4.78 is 5.76. The number of hydrogen-bond acceptors (Lipinski definition) is 3. The third-order valence-corrected chi connectivity index (χ3v) is 3.07. The molecule has 3 nitrogen and oxygen atoms in total. The minimum absolute atomic E-state index is 0.935. The van der Waals surface area contributed by atoms with Crippen LogP contribution in [-0.2, 0) is 6.54 Å². The molecule has 17 heavy (non-hydrogen) atoms. The van der Waals surface area contributed by atoms with Gasteiger partial charge < -0.3 is 14.6 Å². The van der Waals surface area contributed by atoms with Gasteiger partial charge in [0.15, 0.2) is 0 Å². The molecular formula is C14H20N2O. The number of nitrogens with one attached hydrogen (secondary N) is 1. The highest BCUT2D eigenvalue weighted by atomic mass is 16.3. The average molecular weight is 232 g/mol. The van der Waals surface area contributed by atoms with Crippen molar-refractivity contribution in [1.82, 2.24) is 10.2 Å². The Morgan fingerprint density at radius 3 is 2.82 bits per heavy atom. The topological polar surface area (TPSA) is 28.4 Å². The maximum absolute atomic E-state index is 5.76. The Morgan fingerprint density at radius 1 is 1.29 bits per heavy atom. The molecule has 0 unspecified atom stereocenters. The Morgan fingerprint density at radius 2 is 2.06 bits per heavy atom. The molecule has 0 bridgehead atoms. The lowest BCUT2D eigenvalue weighted by Gasteiger charge is -2.15. The molecule has 0 aliphatic heterocycles. The lowest BCUT2D eigenvalue weighted by molar-refractivity contribution is 0.326. The van der Waals surface area contributed by atoms with Gasteiger partial charge in [0.1, 0.15) is 11.3 Å². The summed E-state index contributed by atoms with van der Waals surface area (Å²) >= 11 is 0. The van der Waals surface area contributed by atoms with Crippen LogP contribution in [0.1, 0.15) is 11.3 Å². The van der Waals surface area contributed by atoms with Crippen molar-refractivity contribution in [2.45, 2.75) is 13.5 Å². The molecule has 0 spiro atoms. The van der Waals surface area contributed by atoms with Gasteiger partial charge in [0.25, 0.3) is 0 Å². The van der Waals surface area contributed by atoms with E-state index in [0.29, 0.717) is 0 Å². The van der Waals surface area contributed by atoms with E-state index in [0.717, 1.165) is 31.0 Å².